The Morgan fingerprint density at radius 3 is 2.52 bits per heavy atom. The fourth-order valence-corrected chi connectivity index (χ4v) is 1.58. The van der Waals surface area contributed by atoms with Gasteiger partial charge in [0, 0.05) is 6.20 Å². The summed E-state index contributed by atoms with van der Waals surface area (Å²) in [4.78, 5) is 15.1. The third kappa shape index (κ3) is 4.36. The molecule has 1 unspecified atom stereocenters. The number of carbonyl (C=O) groups excluding carboxylic acids is 1. The largest absolute Gasteiger partial charge is 0.417 e. The number of nitrogens with one attached hydrogen (secondary N) is 1. The van der Waals surface area contributed by atoms with Crippen molar-refractivity contribution < 1.29 is 18.0 Å². The van der Waals surface area contributed by atoms with Gasteiger partial charge in [-0.2, -0.15) is 18.4 Å². The third-order valence-electron chi connectivity index (χ3n) is 2.42. The van der Waals surface area contributed by atoms with Gasteiger partial charge in [-0.1, -0.05) is 18.8 Å². The number of nitriles is 1. The van der Waals surface area contributed by atoms with Crippen LogP contribution < -0.4 is 5.32 Å². The second-order valence-corrected chi connectivity index (χ2v) is 4.57. The molecule has 21 heavy (non-hydrogen) atoms. The minimum atomic E-state index is -4.49. The maximum absolute atomic E-state index is 12.4. The van der Waals surface area contributed by atoms with Crippen molar-refractivity contribution in [3.63, 3.8) is 0 Å². The number of allylic oxidation sites excluding steroid dienone is 1. The Bertz CT molecular complexity index is 617. The van der Waals surface area contributed by atoms with Gasteiger partial charge in [0.05, 0.1) is 11.6 Å². The maximum Gasteiger partial charge on any atom is 0.417 e. The predicted octanol–water partition coefficient (Wildman–Crippen LogP) is 3.12. The average Bonchev–Trinajstić information content (AvgIpc) is 2.38. The number of Topliss-reactive ketones (excluding diaryl/α,β-unsaturated/α-hetero) is 1. The number of hydrogen-bond donors (Lipinski definition) is 1. The average molecular weight is 313 g/mol. The Morgan fingerprint density at radius 1 is 1.52 bits per heavy atom. The fraction of sp³-hybridized carbons (Fsp3) is 0.231. The van der Waals surface area contributed by atoms with Gasteiger partial charge < -0.3 is 5.32 Å². The lowest BCUT2D eigenvalue weighted by Crippen LogP contribution is -2.27. The van der Waals surface area contributed by atoms with Crippen LogP contribution in [0.2, 0.25) is 0 Å². The Kier molecular flexibility index (Phi) is 5.16. The van der Waals surface area contributed by atoms with E-state index in [-0.39, 0.29) is 16.4 Å². The zero-order valence-corrected chi connectivity index (χ0v) is 11.7. The first-order valence-corrected chi connectivity index (χ1v) is 6.01. The normalized spacial score (nSPS) is 12.1. The molecule has 0 amide bonds. The number of carbonyl (C=O) groups is 1. The van der Waals surface area contributed by atoms with Gasteiger partial charge >= 0.3 is 6.18 Å². The first kappa shape index (κ1) is 16.8. The maximum atomic E-state index is 12.4. The Hall–Kier alpha value is -2.27. The van der Waals surface area contributed by atoms with Crippen LogP contribution in [-0.2, 0) is 11.0 Å². The van der Waals surface area contributed by atoms with E-state index in [2.05, 4.69) is 16.9 Å². The van der Waals surface area contributed by atoms with E-state index in [0.29, 0.717) is 6.20 Å². The van der Waals surface area contributed by atoms with Crippen LogP contribution in [0.3, 0.4) is 0 Å². The van der Waals surface area contributed by atoms with Gasteiger partial charge in [-0.05, 0) is 24.6 Å². The minimum Gasteiger partial charge on any atom is -0.333 e. The van der Waals surface area contributed by atoms with Gasteiger partial charge in [0.25, 0.3) is 0 Å². The van der Waals surface area contributed by atoms with Gasteiger partial charge in [-0.25, -0.2) is 4.98 Å². The van der Waals surface area contributed by atoms with Crippen LogP contribution in [0.25, 0.3) is 0 Å². The molecule has 0 aromatic carbocycles. The lowest BCUT2D eigenvalue weighted by Gasteiger charge is -2.12. The van der Waals surface area contributed by atoms with Crippen molar-refractivity contribution in [3.8, 4) is 6.07 Å². The standard InChI is InChI=1S/C13H10F3N3OS/c1-7(2)11(20)9(5-17)12(21)19-10-4-3-8(6-18-10)13(14,15)16/h3-4,6,9H,1H2,2H3,(H,18,19,21). The number of ketones is 1. The van der Waals surface area contributed by atoms with Gasteiger partial charge in [0.15, 0.2) is 11.7 Å². The van der Waals surface area contributed by atoms with Crippen LogP contribution in [0.1, 0.15) is 12.5 Å². The molecular formula is C13H10F3N3OS. The zero-order valence-electron chi connectivity index (χ0n) is 10.9. The second-order valence-electron chi connectivity index (χ2n) is 4.13. The Morgan fingerprint density at radius 2 is 2.14 bits per heavy atom. The molecule has 0 bridgehead atoms. The first-order chi connectivity index (χ1) is 9.66. The van der Waals surface area contributed by atoms with E-state index >= 15 is 0 Å². The molecule has 0 aliphatic heterocycles. The first-order valence-electron chi connectivity index (χ1n) is 5.60. The summed E-state index contributed by atoms with van der Waals surface area (Å²) in [7, 11) is 0. The molecule has 0 saturated carbocycles. The highest BCUT2D eigenvalue weighted by atomic mass is 32.1. The molecule has 4 nitrogen and oxygen atoms in total. The molecule has 1 N–H and O–H groups in total. The predicted molar refractivity (Wildman–Crippen MR) is 74.4 cm³/mol. The molecule has 1 atom stereocenters. The van der Waals surface area contributed by atoms with E-state index in [0.717, 1.165) is 12.1 Å². The summed E-state index contributed by atoms with van der Waals surface area (Å²) in [6.07, 6.45) is -3.86. The molecule has 1 aromatic rings. The van der Waals surface area contributed by atoms with Gasteiger partial charge in [-0.15, -0.1) is 0 Å². The highest BCUT2D eigenvalue weighted by Gasteiger charge is 2.31. The second kappa shape index (κ2) is 6.45. The van der Waals surface area contributed by atoms with Crippen LogP contribution in [0.15, 0.2) is 30.5 Å². The van der Waals surface area contributed by atoms with E-state index in [1.165, 1.54) is 6.92 Å². The van der Waals surface area contributed by atoms with Gasteiger partial charge in [0.2, 0.25) is 0 Å². The molecule has 1 heterocycles. The molecule has 1 aromatic heterocycles. The summed E-state index contributed by atoms with van der Waals surface area (Å²) in [6.45, 7) is 4.86. The third-order valence-corrected chi connectivity index (χ3v) is 2.75. The van der Waals surface area contributed by atoms with Crippen molar-refractivity contribution in [2.75, 3.05) is 5.32 Å². The quantitative estimate of drug-likeness (QED) is 0.683. The van der Waals surface area contributed by atoms with Crippen molar-refractivity contribution in [2.45, 2.75) is 13.1 Å². The SMILES string of the molecule is C=C(C)C(=O)C(C#N)C(=S)Nc1ccc(C(F)(F)F)cn1. The van der Waals surface area contributed by atoms with Crippen LogP contribution in [0.4, 0.5) is 19.0 Å². The zero-order chi connectivity index (χ0) is 16.2. The Balaban J connectivity index is 2.86. The summed E-state index contributed by atoms with van der Waals surface area (Å²) < 4.78 is 37.1. The number of pyridine rings is 1. The fourth-order valence-electron chi connectivity index (χ4n) is 1.32. The lowest BCUT2D eigenvalue weighted by molar-refractivity contribution is -0.137. The number of thiocarbonyl (C=S) groups is 1. The molecule has 0 spiro atoms. The van der Waals surface area contributed by atoms with Crippen molar-refractivity contribution in [2.24, 2.45) is 5.92 Å². The molecule has 0 aliphatic carbocycles. The van der Waals surface area contributed by atoms with E-state index in [4.69, 9.17) is 17.5 Å². The summed E-state index contributed by atoms with van der Waals surface area (Å²) in [5.41, 5.74) is -0.750. The van der Waals surface area contributed by atoms with Gasteiger partial charge in [0.1, 0.15) is 10.8 Å². The molecular weight excluding hydrogens is 303 g/mol. The number of anilines is 1. The molecule has 1 rings (SSSR count). The number of rotatable bonds is 4. The van der Waals surface area contributed by atoms with E-state index < -0.39 is 23.4 Å². The summed E-state index contributed by atoms with van der Waals surface area (Å²) in [5, 5.41) is 11.4. The lowest BCUT2D eigenvalue weighted by atomic mass is 10.0. The van der Waals surface area contributed by atoms with Crippen molar-refractivity contribution in [1.29, 1.82) is 5.26 Å². The van der Waals surface area contributed by atoms with E-state index in [1.807, 2.05) is 0 Å². The smallest absolute Gasteiger partial charge is 0.333 e. The highest BCUT2D eigenvalue weighted by molar-refractivity contribution is 7.80. The number of hydrogen-bond acceptors (Lipinski definition) is 4. The van der Waals surface area contributed by atoms with Crippen LogP contribution in [0, 0.1) is 17.2 Å². The number of halogens is 3. The summed E-state index contributed by atoms with van der Waals surface area (Å²) >= 11 is 4.90. The van der Waals surface area contributed by atoms with Crippen LogP contribution in [-0.4, -0.2) is 15.8 Å². The molecule has 0 fully saturated rings. The summed E-state index contributed by atoms with van der Waals surface area (Å²) in [5.74, 6) is -1.79. The minimum absolute atomic E-state index is 0.0164. The van der Waals surface area contributed by atoms with Crippen LogP contribution in [0.5, 0.6) is 0 Å². The molecule has 8 heteroatoms. The van der Waals surface area contributed by atoms with Crippen molar-refractivity contribution in [3.05, 3.63) is 36.0 Å². The van der Waals surface area contributed by atoms with Crippen molar-refractivity contribution >= 4 is 28.8 Å². The molecule has 0 radical (unpaired) electrons. The molecule has 0 aliphatic rings. The highest BCUT2D eigenvalue weighted by Crippen LogP contribution is 2.28. The Labute approximate surface area is 124 Å². The van der Waals surface area contributed by atoms with Gasteiger partial charge in [-0.3, -0.25) is 4.79 Å². The van der Waals surface area contributed by atoms with E-state index in [9.17, 15) is 18.0 Å². The van der Waals surface area contributed by atoms with Crippen molar-refractivity contribution in [1.82, 2.24) is 4.98 Å². The van der Waals surface area contributed by atoms with E-state index in [1.54, 1.807) is 6.07 Å². The topological polar surface area (TPSA) is 65.8 Å². The van der Waals surface area contributed by atoms with Crippen LogP contribution >= 0.6 is 12.2 Å². The number of nitrogens with zero attached hydrogens (tertiary/aromatic N) is 2. The monoisotopic (exact) mass is 313 g/mol. The molecule has 110 valence electrons. The summed E-state index contributed by atoms with van der Waals surface area (Å²) in [6, 6.07) is 3.60. The number of alkyl halides is 3. The number of aromatic nitrogens is 1. The molecule has 0 saturated heterocycles.